The molecule has 1 nitrogen and oxygen atoms in total. The molecule has 0 bridgehead atoms. The first-order chi connectivity index (χ1) is 8.56. The Hall–Kier alpha value is -0.410. The Morgan fingerprint density at radius 2 is 1.72 bits per heavy atom. The van der Waals surface area contributed by atoms with Gasteiger partial charge in [-0.3, -0.25) is 0 Å². The van der Waals surface area contributed by atoms with Gasteiger partial charge in [0.05, 0.1) is 15.7 Å². The van der Waals surface area contributed by atoms with E-state index in [1.807, 2.05) is 18.2 Å². The molecule has 0 spiro atoms. The summed E-state index contributed by atoms with van der Waals surface area (Å²) in [7, 11) is 0. The second kappa shape index (κ2) is 6.16. The van der Waals surface area contributed by atoms with E-state index >= 15 is 0 Å². The highest BCUT2D eigenvalue weighted by Crippen LogP contribution is 2.27. The molecule has 2 rings (SSSR count). The summed E-state index contributed by atoms with van der Waals surface area (Å²) < 4.78 is 0.883. The van der Waals surface area contributed by atoms with Crippen molar-refractivity contribution >= 4 is 56.4 Å². The molecule has 0 aromatic heterocycles. The third kappa shape index (κ3) is 3.55. The smallest absolute Gasteiger partial charge is 0.0638 e. The molecule has 2 aromatic rings. The van der Waals surface area contributed by atoms with Crippen LogP contribution < -0.4 is 5.32 Å². The van der Waals surface area contributed by atoms with Crippen molar-refractivity contribution in [2.75, 3.05) is 5.32 Å². The lowest BCUT2D eigenvalue weighted by Crippen LogP contribution is -1.99. The predicted molar refractivity (Wildman–Crippen MR) is 82.9 cm³/mol. The Labute approximate surface area is 129 Å². The van der Waals surface area contributed by atoms with Gasteiger partial charge in [0.1, 0.15) is 0 Å². The molecule has 0 aliphatic heterocycles. The maximum absolute atomic E-state index is 6.06. The van der Waals surface area contributed by atoms with Crippen LogP contribution in [0.3, 0.4) is 0 Å². The Morgan fingerprint density at radius 3 is 2.44 bits per heavy atom. The maximum atomic E-state index is 6.06. The van der Waals surface area contributed by atoms with Crippen molar-refractivity contribution in [1.29, 1.82) is 0 Å². The van der Waals surface area contributed by atoms with Crippen LogP contribution in [-0.4, -0.2) is 0 Å². The summed E-state index contributed by atoms with van der Waals surface area (Å²) >= 11 is 21.4. The van der Waals surface area contributed by atoms with Crippen LogP contribution in [0.2, 0.25) is 15.1 Å². The molecule has 0 heterocycles. The monoisotopic (exact) mass is 363 g/mol. The zero-order valence-corrected chi connectivity index (χ0v) is 13.0. The third-order valence-corrected chi connectivity index (χ3v) is 4.19. The molecule has 0 atom stereocenters. The summed E-state index contributed by atoms with van der Waals surface area (Å²) in [5.74, 6) is 0. The summed E-state index contributed by atoms with van der Waals surface area (Å²) in [6.45, 7) is 0.632. The van der Waals surface area contributed by atoms with Crippen LogP contribution in [0.1, 0.15) is 5.56 Å². The van der Waals surface area contributed by atoms with Crippen molar-refractivity contribution in [3.8, 4) is 0 Å². The molecule has 94 valence electrons. The summed E-state index contributed by atoms with van der Waals surface area (Å²) in [6, 6.07) is 11.1. The zero-order valence-electron chi connectivity index (χ0n) is 9.18. The second-order valence-corrected chi connectivity index (χ2v) is 5.83. The summed E-state index contributed by atoms with van der Waals surface area (Å²) in [5.41, 5.74) is 1.88. The van der Waals surface area contributed by atoms with E-state index < -0.39 is 0 Å². The lowest BCUT2D eigenvalue weighted by atomic mass is 10.2. The van der Waals surface area contributed by atoms with E-state index in [9.17, 15) is 0 Å². The molecule has 18 heavy (non-hydrogen) atoms. The highest BCUT2D eigenvalue weighted by atomic mass is 79.9. The number of anilines is 1. The Bertz CT molecular complexity index is 572. The predicted octanol–water partition coefficient (Wildman–Crippen LogP) is 6.02. The molecule has 1 N–H and O–H groups in total. The van der Waals surface area contributed by atoms with Crippen molar-refractivity contribution in [2.45, 2.75) is 6.54 Å². The molecular formula is C13H9BrCl3N. The molecule has 0 unspecified atom stereocenters. The number of halogens is 4. The van der Waals surface area contributed by atoms with Gasteiger partial charge in [0.25, 0.3) is 0 Å². The van der Waals surface area contributed by atoms with Crippen LogP contribution in [0.5, 0.6) is 0 Å². The first-order valence-electron chi connectivity index (χ1n) is 5.19. The van der Waals surface area contributed by atoms with Gasteiger partial charge in [-0.15, -0.1) is 0 Å². The number of hydrogen-bond acceptors (Lipinski definition) is 1. The van der Waals surface area contributed by atoms with Crippen molar-refractivity contribution in [3.63, 3.8) is 0 Å². The summed E-state index contributed by atoms with van der Waals surface area (Å²) in [4.78, 5) is 0. The molecule has 0 saturated carbocycles. The fraction of sp³-hybridized carbons (Fsp3) is 0.0769. The topological polar surface area (TPSA) is 12.0 Å². The van der Waals surface area contributed by atoms with E-state index in [-0.39, 0.29) is 0 Å². The van der Waals surface area contributed by atoms with Gasteiger partial charge in [-0.25, -0.2) is 0 Å². The molecule has 0 aliphatic carbocycles. The summed E-state index contributed by atoms with van der Waals surface area (Å²) in [6.07, 6.45) is 0. The SMILES string of the molecule is Clc1ccc(Cl)c(NCc2ccc(Br)c(Cl)c2)c1. The van der Waals surface area contributed by atoms with Gasteiger partial charge in [-0.05, 0) is 51.8 Å². The Balaban J connectivity index is 2.11. The lowest BCUT2D eigenvalue weighted by Gasteiger charge is -2.09. The van der Waals surface area contributed by atoms with Gasteiger partial charge in [0.15, 0.2) is 0 Å². The first kappa shape index (κ1) is 14.0. The van der Waals surface area contributed by atoms with Crippen LogP contribution in [0.4, 0.5) is 5.69 Å². The molecule has 0 saturated heterocycles. The van der Waals surface area contributed by atoms with Gasteiger partial charge in [0, 0.05) is 16.0 Å². The number of rotatable bonds is 3. The zero-order chi connectivity index (χ0) is 13.1. The largest absolute Gasteiger partial charge is 0.380 e. The maximum Gasteiger partial charge on any atom is 0.0638 e. The molecule has 0 fully saturated rings. The van der Waals surface area contributed by atoms with Crippen LogP contribution in [0.25, 0.3) is 0 Å². The van der Waals surface area contributed by atoms with Gasteiger partial charge < -0.3 is 5.32 Å². The quantitative estimate of drug-likeness (QED) is 0.701. The average Bonchev–Trinajstić information content (AvgIpc) is 2.34. The van der Waals surface area contributed by atoms with Gasteiger partial charge in [-0.2, -0.15) is 0 Å². The van der Waals surface area contributed by atoms with Crippen molar-refractivity contribution in [1.82, 2.24) is 0 Å². The average molecular weight is 365 g/mol. The Kier molecular flexibility index (Phi) is 4.79. The molecule has 0 radical (unpaired) electrons. The van der Waals surface area contributed by atoms with Crippen LogP contribution >= 0.6 is 50.7 Å². The lowest BCUT2D eigenvalue weighted by molar-refractivity contribution is 1.15. The van der Waals surface area contributed by atoms with E-state index in [4.69, 9.17) is 34.8 Å². The normalized spacial score (nSPS) is 10.4. The second-order valence-electron chi connectivity index (χ2n) is 3.73. The highest BCUT2D eigenvalue weighted by molar-refractivity contribution is 9.10. The van der Waals surface area contributed by atoms with E-state index in [0.29, 0.717) is 21.6 Å². The molecular weight excluding hydrogens is 356 g/mol. The minimum Gasteiger partial charge on any atom is -0.380 e. The fourth-order valence-corrected chi connectivity index (χ4v) is 2.29. The number of nitrogens with one attached hydrogen (secondary N) is 1. The van der Waals surface area contributed by atoms with Gasteiger partial charge in [0.2, 0.25) is 0 Å². The standard InChI is InChI=1S/C13H9BrCl3N/c14-10-3-1-8(5-12(10)17)7-18-13-6-9(15)2-4-11(13)16/h1-6,18H,7H2. The summed E-state index contributed by atoms with van der Waals surface area (Å²) in [5, 5.41) is 5.20. The molecule has 5 heteroatoms. The molecule has 0 aliphatic rings. The van der Waals surface area contributed by atoms with E-state index in [1.165, 1.54) is 0 Å². The number of hydrogen-bond donors (Lipinski definition) is 1. The minimum atomic E-state index is 0.632. The van der Waals surface area contributed by atoms with Crippen LogP contribution in [0.15, 0.2) is 40.9 Å². The van der Waals surface area contributed by atoms with Crippen molar-refractivity contribution < 1.29 is 0 Å². The van der Waals surface area contributed by atoms with Crippen LogP contribution in [0, 0.1) is 0 Å². The van der Waals surface area contributed by atoms with Crippen LogP contribution in [-0.2, 0) is 6.54 Å². The van der Waals surface area contributed by atoms with Gasteiger partial charge >= 0.3 is 0 Å². The highest BCUT2D eigenvalue weighted by Gasteiger charge is 2.03. The van der Waals surface area contributed by atoms with Gasteiger partial charge in [-0.1, -0.05) is 40.9 Å². The minimum absolute atomic E-state index is 0.632. The molecule has 0 amide bonds. The molecule has 2 aromatic carbocycles. The van der Waals surface area contributed by atoms with Crippen molar-refractivity contribution in [2.24, 2.45) is 0 Å². The first-order valence-corrected chi connectivity index (χ1v) is 7.12. The Morgan fingerprint density at radius 1 is 0.944 bits per heavy atom. The number of benzene rings is 2. The van der Waals surface area contributed by atoms with Crippen molar-refractivity contribution in [3.05, 3.63) is 61.5 Å². The van der Waals surface area contributed by atoms with E-state index in [2.05, 4.69) is 21.2 Å². The van der Waals surface area contributed by atoms with E-state index in [0.717, 1.165) is 15.7 Å². The third-order valence-electron chi connectivity index (χ3n) is 2.40. The van der Waals surface area contributed by atoms with E-state index in [1.54, 1.807) is 18.2 Å². The fourth-order valence-electron chi connectivity index (χ4n) is 1.48.